The number of hydrogen-bond acceptors (Lipinski definition) is 4. The van der Waals surface area contributed by atoms with Crippen LogP contribution in [0.2, 0.25) is 0 Å². The first-order valence-electron chi connectivity index (χ1n) is 10.3. The van der Waals surface area contributed by atoms with Crippen LogP contribution in [0.25, 0.3) is 11.4 Å². The van der Waals surface area contributed by atoms with Crippen LogP contribution in [0.3, 0.4) is 0 Å². The SMILES string of the molecule is CCNC(=NCc1cccc(-c2ncn[nH]2)c1)NC1CCN(c2c(F)cccc2F)C1. The van der Waals surface area contributed by atoms with Gasteiger partial charge in [0.2, 0.25) is 0 Å². The second kappa shape index (κ2) is 9.55. The van der Waals surface area contributed by atoms with Crippen molar-refractivity contribution in [2.45, 2.75) is 25.9 Å². The van der Waals surface area contributed by atoms with Gasteiger partial charge in [-0.15, -0.1) is 0 Å². The first kappa shape index (κ1) is 20.8. The van der Waals surface area contributed by atoms with E-state index in [0.29, 0.717) is 38.0 Å². The second-order valence-electron chi connectivity index (χ2n) is 7.38. The van der Waals surface area contributed by atoms with Crippen molar-refractivity contribution < 1.29 is 8.78 Å². The minimum absolute atomic E-state index is 0.0392. The molecule has 1 aliphatic rings. The van der Waals surface area contributed by atoms with Crippen molar-refractivity contribution in [1.29, 1.82) is 0 Å². The number of aromatic amines is 1. The van der Waals surface area contributed by atoms with Gasteiger partial charge in [-0.1, -0.05) is 24.3 Å². The highest BCUT2D eigenvalue weighted by atomic mass is 19.1. The number of para-hydroxylation sites is 1. The van der Waals surface area contributed by atoms with Crippen LogP contribution in [0.5, 0.6) is 0 Å². The van der Waals surface area contributed by atoms with Crippen LogP contribution in [0.1, 0.15) is 18.9 Å². The van der Waals surface area contributed by atoms with Gasteiger partial charge in [-0.3, -0.25) is 5.10 Å². The lowest BCUT2D eigenvalue weighted by Crippen LogP contribution is -2.44. The van der Waals surface area contributed by atoms with Gasteiger partial charge in [-0.2, -0.15) is 5.10 Å². The molecule has 1 unspecified atom stereocenters. The summed E-state index contributed by atoms with van der Waals surface area (Å²) >= 11 is 0. The summed E-state index contributed by atoms with van der Waals surface area (Å²) < 4.78 is 28.2. The number of rotatable bonds is 6. The number of nitrogens with zero attached hydrogens (tertiary/aromatic N) is 4. The Kier molecular flexibility index (Phi) is 6.40. The quantitative estimate of drug-likeness (QED) is 0.418. The molecule has 31 heavy (non-hydrogen) atoms. The highest BCUT2D eigenvalue weighted by Crippen LogP contribution is 2.26. The maximum atomic E-state index is 14.1. The summed E-state index contributed by atoms with van der Waals surface area (Å²) in [4.78, 5) is 10.6. The van der Waals surface area contributed by atoms with E-state index in [2.05, 4.69) is 30.8 Å². The van der Waals surface area contributed by atoms with Gasteiger partial charge in [0.15, 0.2) is 11.8 Å². The Bertz CT molecular complexity index is 1020. The van der Waals surface area contributed by atoms with Crippen molar-refractivity contribution in [3.8, 4) is 11.4 Å². The average Bonchev–Trinajstić information content (AvgIpc) is 3.45. The van der Waals surface area contributed by atoms with Crippen LogP contribution in [-0.2, 0) is 6.54 Å². The normalized spacial score (nSPS) is 16.5. The Morgan fingerprint density at radius 2 is 2.03 bits per heavy atom. The molecule has 0 radical (unpaired) electrons. The molecule has 1 fully saturated rings. The fourth-order valence-electron chi connectivity index (χ4n) is 3.72. The van der Waals surface area contributed by atoms with E-state index in [1.807, 2.05) is 31.2 Å². The summed E-state index contributed by atoms with van der Waals surface area (Å²) in [6.45, 7) is 4.27. The van der Waals surface area contributed by atoms with E-state index in [4.69, 9.17) is 0 Å². The maximum absolute atomic E-state index is 14.1. The third-order valence-electron chi connectivity index (χ3n) is 5.16. The van der Waals surface area contributed by atoms with Gasteiger partial charge in [0, 0.05) is 31.2 Å². The van der Waals surface area contributed by atoms with Gasteiger partial charge in [0.1, 0.15) is 23.6 Å². The summed E-state index contributed by atoms with van der Waals surface area (Å²) in [5, 5.41) is 13.4. The van der Waals surface area contributed by atoms with E-state index < -0.39 is 11.6 Å². The average molecular weight is 425 g/mol. The van der Waals surface area contributed by atoms with Crippen LogP contribution >= 0.6 is 0 Å². The number of halogens is 2. The monoisotopic (exact) mass is 425 g/mol. The zero-order valence-corrected chi connectivity index (χ0v) is 17.3. The molecule has 2 heterocycles. The predicted molar refractivity (Wildman–Crippen MR) is 117 cm³/mol. The molecule has 0 saturated carbocycles. The highest BCUT2D eigenvalue weighted by molar-refractivity contribution is 5.80. The molecule has 0 aliphatic carbocycles. The minimum atomic E-state index is -0.534. The third kappa shape index (κ3) is 4.99. The molecule has 9 heteroatoms. The molecule has 1 aliphatic heterocycles. The number of aromatic nitrogens is 3. The Morgan fingerprint density at radius 3 is 2.77 bits per heavy atom. The van der Waals surface area contributed by atoms with Crippen LogP contribution < -0.4 is 15.5 Å². The van der Waals surface area contributed by atoms with Crippen molar-refractivity contribution in [1.82, 2.24) is 25.8 Å². The van der Waals surface area contributed by atoms with Crippen LogP contribution in [0.4, 0.5) is 14.5 Å². The molecule has 1 atom stereocenters. The van der Waals surface area contributed by atoms with Gasteiger partial charge < -0.3 is 15.5 Å². The van der Waals surface area contributed by atoms with E-state index in [9.17, 15) is 8.78 Å². The molecule has 0 amide bonds. The van der Waals surface area contributed by atoms with Crippen molar-refractivity contribution in [3.05, 3.63) is 66.0 Å². The van der Waals surface area contributed by atoms with Crippen molar-refractivity contribution in [2.75, 3.05) is 24.5 Å². The van der Waals surface area contributed by atoms with Crippen LogP contribution in [-0.4, -0.2) is 46.8 Å². The number of guanidine groups is 1. The fourth-order valence-corrected chi connectivity index (χ4v) is 3.72. The molecule has 1 aromatic heterocycles. The lowest BCUT2D eigenvalue weighted by atomic mass is 10.1. The zero-order chi connectivity index (χ0) is 21.6. The molecule has 2 aromatic carbocycles. The topological polar surface area (TPSA) is 81.2 Å². The van der Waals surface area contributed by atoms with E-state index in [1.54, 1.807) is 4.90 Å². The van der Waals surface area contributed by atoms with Crippen LogP contribution in [0, 0.1) is 11.6 Å². The first-order valence-corrected chi connectivity index (χ1v) is 10.3. The smallest absolute Gasteiger partial charge is 0.191 e. The molecule has 0 bridgehead atoms. The standard InChI is InChI=1S/C22H25F2N7/c1-2-25-22(26-12-15-5-3-6-16(11-15)21-27-14-28-30-21)29-17-9-10-31(13-17)20-18(23)7-4-8-19(20)24/h3-8,11,14,17H,2,9-10,12-13H2,1H3,(H2,25,26,29)(H,27,28,30). The summed E-state index contributed by atoms with van der Waals surface area (Å²) in [6, 6.07) is 11.9. The van der Waals surface area contributed by atoms with E-state index in [-0.39, 0.29) is 11.7 Å². The van der Waals surface area contributed by atoms with Gasteiger partial charge in [-0.25, -0.2) is 18.8 Å². The largest absolute Gasteiger partial charge is 0.365 e. The zero-order valence-electron chi connectivity index (χ0n) is 17.3. The highest BCUT2D eigenvalue weighted by Gasteiger charge is 2.27. The number of nitrogens with one attached hydrogen (secondary N) is 3. The predicted octanol–water partition coefficient (Wildman–Crippen LogP) is 3.08. The third-order valence-corrected chi connectivity index (χ3v) is 5.16. The van der Waals surface area contributed by atoms with Crippen molar-refractivity contribution in [3.63, 3.8) is 0 Å². The molecule has 0 spiro atoms. The lowest BCUT2D eigenvalue weighted by Gasteiger charge is -2.21. The summed E-state index contributed by atoms with van der Waals surface area (Å²) in [7, 11) is 0. The van der Waals surface area contributed by atoms with E-state index in [0.717, 1.165) is 17.5 Å². The van der Waals surface area contributed by atoms with E-state index in [1.165, 1.54) is 24.5 Å². The first-order chi connectivity index (χ1) is 15.1. The molecule has 4 rings (SSSR count). The number of aliphatic imine (C=N–C) groups is 1. The van der Waals surface area contributed by atoms with Gasteiger partial charge in [0.05, 0.1) is 6.54 Å². The van der Waals surface area contributed by atoms with Crippen molar-refractivity contribution >= 4 is 11.6 Å². The molecule has 162 valence electrons. The lowest BCUT2D eigenvalue weighted by molar-refractivity contribution is 0.576. The summed E-state index contributed by atoms with van der Waals surface area (Å²) in [5.41, 5.74) is 2.02. The van der Waals surface area contributed by atoms with Gasteiger partial charge in [-0.05, 0) is 37.1 Å². The maximum Gasteiger partial charge on any atom is 0.191 e. The second-order valence-corrected chi connectivity index (χ2v) is 7.38. The molecule has 1 saturated heterocycles. The van der Waals surface area contributed by atoms with E-state index >= 15 is 0 Å². The van der Waals surface area contributed by atoms with Gasteiger partial charge in [0.25, 0.3) is 0 Å². The molecule has 7 nitrogen and oxygen atoms in total. The number of H-pyrrole nitrogens is 1. The molecule has 3 N–H and O–H groups in total. The number of benzene rings is 2. The summed E-state index contributed by atoms with van der Waals surface area (Å²) in [6.07, 6.45) is 2.24. The Hall–Kier alpha value is -3.49. The summed E-state index contributed by atoms with van der Waals surface area (Å²) in [5.74, 6) is 0.316. The Balaban J connectivity index is 1.42. The Labute approximate surface area is 179 Å². The molecular weight excluding hydrogens is 400 g/mol. The fraction of sp³-hybridized carbons (Fsp3) is 0.318. The number of anilines is 1. The van der Waals surface area contributed by atoms with Gasteiger partial charge >= 0.3 is 0 Å². The molecular formula is C22H25F2N7. The van der Waals surface area contributed by atoms with Crippen LogP contribution in [0.15, 0.2) is 53.8 Å². The minimum Gasteiger partial charge on any atom is -0.365 e. The molecule has 3 aromatic rings. The Morgan fingerprint density at radius 1 is 1.23 bits per heavy atom. The van der Waals surface area contributed by atoms with Crippen molar-refractivity contribution in [2.24, 2.45) is 4.99 Å². The number of hydrogen-bond donors (Lipinski definition) is 3.